The van der Waals surface area contributed by atoms with Gasteiger partial charge in [0.25, 0.3) is 0 Å². The van der Waals surface area contributed by atoms with Crippen LogP contribution in [-0.2, 0) is 0 Å². The third kappa shape index (κ3) is 3.43. The molecule has 1 aromatic rings. The molecule has 74 valence electrons. The maximum Gasteiger partial charge on any atom is 0.502 e. The van der Waals surface area contributed by atoms with Gasteiger partial charge in [-0.25, -0.2) is 4.98 Å². The van der Waals surface area contributed by atoms with E-state index in [2.05, 4.69) is 4.98 Å². The predicted molar refractivity (Wildman–Crippen MR) is 47.7 cm³/mol. The second-order valence-electron chi connectivity index (χ2n) is 2.59. The van der Waals surface area contributed by atoms with E-state index in [1.807, 2.05) is 0 Å². The summed E-state index contributed by atoms with van der Waals surface area (Å²) in [5.41, 5.74) is 0.232. The Morgan fingerprint density at radius 2 is 1.86 bits per heavy atom. The van der Waals surface area contributed by atoms with Crippen molar-refractivity contribution in [2.45, 2.75) is 0 Å². The van der Waals surface area contributed by atoms with Gasteiger partial charge >= 0.3 is 6.98 Å². The zero-order valence-electron chi connectivity index (χ0n) is 7.03. The van der Waals surface area contributed by atoms with Crippen molar-refractivity contribution in [3.8, 4) is 0 Å². The van der Waals surface area contributed by atoms with Crippen LogP contribution in [-0.4, -0.2) is 18.2 Å². The van der Waals surface area contributed by atoms with Gasteiger partial charge in [-0.2, -0.15) is 0 Å². The van der Waals surface area contributed by atoms with Crippen LogP contribution in [0.15, 0.2) is 24.2 Å². The number of aromatic nitrogens is 1. The van der Waals surface area contributed by atoms with Crippen molar-refractivity contribution in [3.05, 3.63) is 35.6 Å². The maximum atomic E-state index is 11.8. The van der Waals surface area contributed by atoms with Crippen molar-refractivity contribution < 1.29 is 17.7 Å². The lowest BCUT2D eigenvalue weighted by Gasteiger charge is -2.05. The first-order chi connectivity index (χ1) is 6.51. The zero-order chi connectivity index (χ0) is 10.6. The monoisotopic (exact) mass is 200 g/mol. The van der Waals surface area contributed by atoms with Gasteiger partial charge in [0.1, 0.15) is 5.69 Å². The van der Waals surface area contributed by atoms with Gasteiger partial charge in [-0.05, 0) is 12.1 Å². The molecule has 0 aliphatic carbocycles. The summed E-state index contributed by atoms with van der Waals surface area (Å²) in [6, 6.07) is 4.29. The van der Waals surface area contributed by atoms with Crippen molar-refractivity contribution in [1.82, 2.24) is 4.98 Å². The van der Waals surface area contributed by atoms with Crippen LogP contribution in [0.5, 0.6) is 0 Å². The van der Waals surface area contributed by atoms with E-state index in [4.69, 9.17) is 0 Å². The second-order valence-corrected chi connectivity index (χ2v) is 2.59. The van der Waals surface area contributed by atoms with Crippen molar-refractivity contribution in [2.75, 3.05) is 0 Å². The van der Waals surface area contributed by atoms with Crippen molar-refractivity contribution in [2.24, 2.45) is 0 Å². The molecule has 1 rings (SSSR count). The summed E-state index contributed by atoms with van der Waals surface area (Å²) in [7, 11) is 0. The topological polar surface area (TPSA) is 30.0 Å². The Kier molecular flexibility index (Phi) is 3.06. The van der Waals surface area contributed by atoms with Crippen LogP contribution in [0.25, 0.3) is 6.08 Å². The van der Waals surface area contributed by atoms with Crippen LogP contribution in [0.4, 0.5) is 12.9 Å². The highest BCUT2D eigenvalue weighted by molar-refractivity contribution is 6.64. The minimum absolute atomic E-state index is 0.113. The highest BCUT2D eigenvalue weighted by Gasteiger charge is 2.17. The van der Waals surface area contributed by atoms with Gasteiger partial charge in [-0.15, -0.1) is 5.98 Å². The number of hydrogen-bond acceptors (Lipinski definition) is 2. The Morgan fingerprint density at radius 1 is 1.21 bits per heavy atom. The van der Waals surface area contributed by atoms with Gasteiger partial charge in [0.15, 0.2) is 6.29 Å². The molecule has 0 unspecified atom stereocenters. The summed E-state index contributed by atoms with van der Waals surface area (Å²) in [5.74, 6) is 0.136. The lowest BCUT2D eigenvalue weighted by Crippen LogP contribution is -2.09. The molecular weight excluding hydrogens is 194 g/mol. The Morgan fingerprint density at radius 3 is 2.43 bits per heavy atom. The van der Waals surface area contributed by atoms with Gasteiger partial charge in [-0.1, -0.05) is 12.1 Å². The highest BCUT2D eigenvalue weighted by Crippen LogP contribution is 2.11. The second kappa shape index (κ2) is 4.08. The number of nitrogens with zero attached hydrogens (tertiary/aromatic N) is 1. The van der Waals surface area contributed by atoms with Crippen LogP contribution < -0.4 is 0 Å². The molecule has 0 aromatic carbocycles. The molecule has 2 nitrogen and oxygen atoms in total. The van der Waals surface area contributed by atoms with E-state index in [9.17, 15) is 17.7 Å². The third-order valence-electron chi connectivity index (χ3n) is 1.40. The van der Waals surface area contributed by atoms with Gasteiger partial charge in [0, 0.05) is 0 Å². The number of pyridine rings is 1. The minimum Gasteiger partial charge on any atom is -0.445 e. The van der Waals surface area contributed by atoms with Crippen molar-refractivity contribution in [1.29, 1.82) is 0 Å². The number of carbonyl (C=O) groups is 1. The van der Waals surface area contributed by atoms with E-state index >= 15 is 0 Å². The molecular formula is C8H6BF3NO-. The summed E-state index contributed by atoms with van der Waals surface area (Å²) < 4.78 is 35.4. The molecule has 0 bridgehead atoms. The first-order valence-electron chi connectivity index (χ1n) is 3.83. The summed E-state index contributed by atoms with van der Waals surface area (Å²) in [5, 5.41) is 0. The molecule has 0 spiro atoms. The maximum absolute atomic E-state index is 11.8. The lowest BCUT2D eigenvalue weighted by molar-refractivity contribution is 0.111. The summed E-state index contributed by atoms with van der Waals surface area (Å²) in [4.78, 5) is 13.9. The molecule has 0 atom stereocenters. The lowest BCUT2D eigenvalue weighted by atomic mass is 9.91. The highest BCUT2D eigenvalue weighted by atomic mass is 19.4. The largest absolute Gasteiger partial charge is 0.502 e. The van der Waals surface area contributed by atoms with E-state index in [1.54, 1.807) is 0 Å². The van der Waals surface area contributed by atoms with Gasteiger partial charge in [0.05, 0.1) is 5.69 Å². The van der Waals surface area contributed by atoms with Crippen LogP contribution in [0.3, 0.4) is 0 Å². The fraction of sp³-hybridized carbons (Fsp3) is 0. The predicted octanol–water partition coefficient (Wildman–Crippen LogP) is 2.29. The van der Waals surface area contributed by atoms with Gasteiger partial charge in [-0.3, -0.25) is 4.79 Å². The van der Waals surface area contributed by atoms with E-state index in [1.165, 1.54) is 18.2 Å². The molecule has 0 fully saturated rings. The summed E-state index contributed by atoms with van der Waals surface area (Å²) in [6.45, 7) is -4.95. The molecule has 1 aromatic heterocycles. The Labute approximate surface area is 78.5 Å². The fourth-order valence-electron chi connectivity index (χ4n) is 0.835. The van der Waals surface area contributed by atoms with Gasteiger partial charge < -0.3 is 12.9 Å². The molecule has 0 N–H and O–H groups in total. The molecule has 0 aliphatic rings. The first-order valence-corrected chi connectivity index (χ1v) is 3.83. The Hall–Kier alpha value is -1.59. The normalized spacial score (nSPS) is 11.9. The summed E-state index contributed by atoms with van der Waals surface area (Å²) >= 11 is 0. The summed E-state index contributed by atoms with van der Waals surface area (Å²) in [6.07, 6.45) is 1.32. The zero-order valence-corrected chi connectivity index (χ0v) is 7.03. The van der Waals surface area contributed by atoms with E-state index in [0.29, 0.717) is 6.29 Å². The number of rotatable bonds is 3. The molecule has 0 radical (unpaired) electrons. The molecule has 0 amide bonds. The fourth-order valence-corrected chi connectivity index (χ4v) is 0.835. The Bertz CT molecular complexity index is 362. The average Bonchev–Trinajstić information content (AvgIpc) is 2.14. The van der Waals surface area contributed by atoms with E-state index in [-0.39, 0.29) is 17.4 Å². The quantitative estimate of drug-likeness (QED) is 0.553. The molecule has 14 heavy (non-hydrogen) atoms. The molecule has 6 heteroatoms. The number of halogens is 3. The smallest absolute Gasteiger partial charge is 0.445 e. The van der Waals surface area contributed by atoms with Crippen LogP contribution in [0, 0.1) is 0 Å². The van der Waals surface area contributed by atoms with Crippen LogP contribution >= 0.6 is 0 Å². The average molecular weight is 200 g/mol. The van der Waals surface area contributed by atoms with E-state index in [0.717, 1.165) is 6.08 Å². The number of hydrogen-bond donors (Lipinski definition) is 0. The van der Waals surface area contributed by atoms with Crippen molar-refractivity contribution >= 4 is 19.3 Å². The van der Waals surface area contributed by atoms with Crippen LogP contribution in [0.2, 0.25) is 0 Å². The van der Waals surface area contributed by atoms with Crippen LogP contribution in [0.1, 0.15) is 16.2 Å². The standard InChI is InChI=1S/C8H6BF3NO/c10-9(11,12)5-4-7-2-1-3-8(6-14)13-7/h1-6H/q-1/b5-4+. The van der Waals surface area contributed by atoms with Crippen molar-refractivity contribution in [3.63, 3.8) is 0 Å². The molecule has 0 saturated heterocycles. The Balaban J connectivity index is 2.87. The minimum atomic E-state index is -4.95. The SMILES string of the molecule is O=Cc1cccc(/C=C/[B-](F)(F)F)n1. The number of carbonyl (C=O) groups excluding carboxylic acids is 1. The molecule has 1 heterocycles. The van der Waals surface area contributed by atoms with E-state index < -0.39 is 6.98 Å². The molecule has 0 saturated carbocycles. The molecule has 0 aliphatic heterocycles. The number of aldehydes is 1. The first kappa shape index (κ1) is 10.5. The van der Waals surface area contributed by atoms with Gasteiger partial charge in [0.2, 0.25) is 0 Å². The third-order valence-corrected chi connectivity index (χ3v) is 1.40.